The van der Waals surface area contributed by atoms with E-state index in [0.29, 0.717) is 0 Å². The Labute approximate surface area is 79.9 Å². The van der Waals surface area contributed by atoms with Crippen molar-refractivity contribution in [3.63, 3.8) is 0 Å². The van der Waals surface area contributed by atoms with Gasteiger partial charge in [-0.25, -0.2) is 0 Å². The summed E-state index contributed by atoms with van der Waals surface area (Å²) in [6, 6.07) is 0.0251. The molecule has 4 nitrogen and oxygen atoms in total. The van der Waals surface area contributed by atoms with Crippen LogP contribution in [0.3, 0.4) is 0 Å². The fourth-order valence-corrected chi connectivity index (χ4v) is 1.60. The van der Waals surface area contributed by atoms with Crippen LogP contribution in [0.15, 0.2) is 0 Å². The van der Waals surface area contributed by atoms with Gasteiger partial charge in [0.05, 0.1) is 6.04 Å². The average Bonchev–Trinajstić information content (AvgIpc) is 2.17. The van der Waals surface area contributed by atoms with Gasteiger partial charge in [-0.05, 0) is 6.92 Å². The highest BCUT2D eigenvalue weighted by molar-refractivity contribution is 5.80. The summed E-state index contributed by atoms with van der Waals surface area (Å²) in [4.78, 5) is 15.5. The highest BCUT2D eigenvalue weighted by Gasteiger charge is 2.23. The van der Waals surface area contributed by atoms with Gasteiger partial charge in [-0.3, -0.25) is 9.69 Å². The maximum atomic E-state index is 11.6. The van der Waals surface area contributed by atoms with E-state index in [0.717, 1.165) is 26.2 Å². The number of amides is 1. The molecule has 1 aliphatic heterocycles. The zero-order valence-corrected chi connectivity index (χ0v) is 8.71. The van der Waals surface area contributed by atoms with Crippen molar-refractivity contribution in [2.24, 2.45) is 0 Å². The van der Waals surface area contributed by atoms with Gasteiger partial charge in [0, 0.05) is 40.3 Å². The molecule has 0 aliphatic carbocycles. The summed E-state index contributed by atoms with van der Waals surface area (Å²) in [5.41, 5.74) is 0. The highest BCUT2D eigenvalue weighted by Crippen LogP contribution is 2.02. The van der Waals surface area contributed by atoms with E-state index in [2.05, 4.69) is 10.2 Å². The third-order valence-corrected chi connectivity index (χ3v) is 2.50. The third-order valence-electron chi connectivity index (χ3n) is 2.50. The van der Waals surface area contributed by atoms with Gasteiger partial charge in [-0.15, -0.1) is 0 Å². The summed E-state index contributed by atoms with van der Waals surface area (Å²) >= 11 is 0. The number of carbonyl (C=O) groups is 1. The number of nitrogens with one attached hydrogen (secondary N) is 1. The van der Waals surface area contributed by atoms with Crippen LogP contribution in [0, 0.1) is 0 Å². The number of carbonyl (C=O) groups excluding carboxylic acids is 1. The van der Waals surface area contributed by atoms with Gasteiger partial charge >= 0.3 is 0 Å². The molecule has 1 rings (SSSR count). The first-order valence-electron chi connectivity index (χ1n) is 4.79. The van der Waals surface area contributed by atoms with Gasteiger partial charge in [0.15, 0.2) is 0 Å². The van der Waals surface area contributed by atoms with E-state index in [4.69, 9.17) is 0 Å². The molecule has 0 saturated carbocycles. The normalized spacial score (nSPS) is 21.2. The lowest BCUT2D eigenvalue weighted by molar-refractivity contribution is -0.134. The second-order valence-electron chi connectivity index (χ2n) is 3.69. The van der Waals surface area contributed by atoms with Crippen LogP contribution in [0.25, 0.3) is 0 Å². The van der Waals surface area contributed by atoms with Crippen LogP contribution in [0.4, 0.5) is 0 Å². The number of hydrogen-bond donors (Lipinski definition) is 1. The molecule has 1 saturated heterocycles. The maximum absolute atomic E-state index is 11.6. The molecular weight excluding hydrogens is 166 g/mol. The molecule has 1 heterocycles. The molecule has 4 heteroatoms. The minimum absolute atomic E-state index is 0.0251. The zero-order valence-electron chi connectivity index (χ0n) is 8.71. The van der Waals surface area contributed by atoms with Crippen molar-refractivity contribution in [3.05, 3.63) is 0 Å². The summed E-state index contributed by atoms with van der Waals surface area (Å²) < 4.78 is 0. The standard InChI is InChI=1S/C9H19N3O/c1-8(9(13)11(2)3)12-6-4-10-5-7-12/h8,10H,4-7H2,1-3H3. The number of hydrogen-bond acceptors (Lipinski definition) is 3. The summed E-state index contributed by atoms with van der Waals surface area (Å²) in [5.74, 6) is 0.196. The van der Waals surface area contributed by atoms with Crippen molar-refractivity contribution in [1.29, 1.82) is 0 Å². The first kappa shape index (κ1) is 10.5. The average molecular weight is 185 g/mol. The molecule has 0 aromatic rings. The Hall–Kier alpha value is -0.610. The topological polar surface area (TPSA) is 35.6 Å². The fourth-order valence-electron chi connectivity index (χ4n) is 1.60. The summed E-state index contributed by atoms with van der Waals surface area (Å²) in [7, 11) is 3.61. The molecule has 1 unspecified atom stereocenters. The predicted molar refractivity (Wildman–Crippen MR) is 52.6 cm³/mol. The SMILES string of the molecule is CC(C(=O)N(C)C)N1CCNCC1. The number of rotatable bonds is 2. The van der Waals surface area contributed by atoms with Crippen LogP contribution in [-0.4, -0.2) is 62.0 Å². The highest BCUT2D eigenvalue weighted by atomic mass is 16.2. The van der Waals surface area contributed by atoms with Crippen molar-refractivity contribution in [2.45, 2.75) is 13.0 Å². The maximum Gasteiger partial charge on any atom is 0.239 e. The van der Waals surface area contributed by atoms with Crippen molar-refractivity contribution in [1.82, 2.24) is 15.1 Å². The van der Waals surface area contributed by atoms with Crippen molar-refractivity contribution >= 4 is 5.91 Å². The van der Waals surface area contributed by atoms with E-state index in [1.165, 1.54) is 0 Å². The largest absolute Gasteiger partial charge is 0.347 e. The molecule has 1 fully saturated rings. The monoisotopic (exact) mass is 185 g/mol. The second-order valence-corrected chi connectivity index (χ2v) is 3.69. The third kappa shape index (κ3) is 2.67. The Bertz CT molecular complexity index is 176. The van der Waals surface area contributed by atoms with E-state index >= 15 is 0 Å². The number of nitrogens with zero attached hydrogens (tertiary/aromatic N) is 2. The van der Waals surface area contributed by atoms with E-state index in [9.17, 15) is 4.79 Å². The van der Waals surface area contributed by atoms with Crippen LogP contribution < -0.4 is 5.32 Å². The summed E-state index contributed by atoms with van der Waals surface area (Å²) in [6.45, 7) is 5.91. The Kier molecular flexibility index (Phi) is 3.69. The molecule has 76 valence electrons. The van der Waals surface area contributed by atoms with Gasteiger partial charge in [-0.1, -0.05) is 0 Å². The predicted octanol–water partition coefficient (Wildman–Crippen LogP) is -0.632. The first-order valence-corrected chi connectivity index (χ1v) is 4.79. The van der Waals surface area contributed by atoms with E-state index in [-0.39, 0.29) is 11.9 Å². The molecule has 1 aliphatic rings. The van der Waals surface area contributed by atoms with Gasteiger partial charge < -0.3 is 10.2 Å². The zero-order chi connectivity index (χ0) is 9.84. The van der Waals surface area contributed by atoms with E-state index in [1.54, 1.807) is 19.0 Å². The second kappa shape index (κ2) is 4.58. The minimum Gasteiger partial charge on any atom is -0.347 e. The summed E-state index contributed by atoms with van der Waals surface area (Å²) in [6.07, 6.45) is 0. The Morgan fingerprint density at radius 1 is 1.38 bits per heavy atom. The van der Waals surface area contributed by atoms with E-state index in [1.807, 2.05) is 6.92 Å². The first-order chi connectivity index (χ1) is 6.13. The molecule has 1 amide bonds. The molecule has 0 radical (unpaired) electrons. The van der Waals surface area contributed by atoms with Crippen molar-refractivity contribution < 1.29 is 4.79 Å². The van der Waals surface area contributed by atoms with Crippen LogP contribution in [-0.2, 0) is 4.79 Å². The lowest BCUT2D eigenvalue weighted by Gasteiger charge is -2.33. The molecule has 0 bridgehead atoms. The molecule has 1 atom stereocenters. The Balaban J connectivity index is 2.45. The Morgan fingerprint density at radius 3 is 2.38 bits per heavy atom. The number of likely N-dealkylation sites (N-methyl/N-ethyl adjacent to an activating group) is 1. The van der Waals surface area contributed by atoms with Gasteiger partial charge in [-0.2, -0.15) is 0 Å². The molecular formula is C9H19N3O. The fraction of sp³-hybridized carbons (Fsp3) is 0.889. The molecule has 1 N–H and O–H groups in total. The van der Waals surface area contributed by atoms with E-state index < -0.39 is 0 Å². The summed E-state index contributed by atoms with van der Waals surface area (Å²) in [5, 5.41) is 3.27. The quantitative estimate of drug-likeness (QED) is 0.622. The van der Waals surface area contributed by atoms with Crippen LogP contribution in [0.5, 0.6) is 0 Å². The molecule has 0 aromatic carbocycles. The van der Waals surface area contributed by atoms with Crippen molar-refractivity contribution in [2.75, 3.05) is 40.3 Å². The Morgan fingerprint density at radius 2 is 1.92 bits per heavy atom. The lowest BCUT2D eigenvalue weighted by Crippen LogP contribution is -2.52. The lowest BCUT2D eigenvalue weighted by atomic mass is 10.2. The van der Waals surface area contributed by atoms with Gasteiger partial charge in [0.25, 0.3) is 0 Å². The molecule has 0 spiro atoms. The van der Waals surface area contributed by atoms with Crippen LogP contribution >= 0.6 is 0 Å². The minimum atomic E-state index is 0.0251. The van der Waals surface area contributed by atoms with Crippen LogP contribution in [0.1, 0.15) is 6.92 Å². The van der Waals surface area contributed by atoms with Gasteiger partial charge in [0.1, 0.15) is 0 Å². The van der Waals surface area contributed by atoms with Crippen LogP contribution in [0.2, 0.25) is 0 Å². The molecule has 0 aromatic heterocycles. The smallest absolute Gasteiger partial charge is 0.239 e. The van der Waals surface area contributed by atoms with Gasteiger partial charge in [0.2, 0.25) is 5.91 Å². The molecule has 13 heavy (non-hydrogen) atoms. The number of piperazine rings is 1. The van der Waals surface area contributed by atoms with Crippen molar-refractivity contribution in [3.8, 4) is 0 Å².